The summed E-state index contributed by atoms with van der Waals surface area (Å²) in [6, 6.07) is 2.94. The quantitative estimate of drug-likeness (QED) is 0.498. The van der Waals surface area contributed by atoms with Crippen LogP contribution in [0.25, 0.3) is 0 Å². The van der Waals surface area contributed by atoms with Gasteiger partial charge >= 0.3 is 58.4 Å². The summed E-state index contributed by atoms with van der Waals surface area (Å²) in [7, 11) is 0. The van der Waals surface area contributed by atoms with Gasteiger partial charge < -0.3 is 17.9 Å². The third-order valence-corrected chi connectivity index (χ3v) is 1.14. The van der Waals surface area contributed by atoms with Crippen LogP contribution in [-0.2, 0) is 0 Å². The van der Waals surface area contributed by atoms with E-state index in [9.17, 15) is 17.7 Å². The molecule has 1 aromatic heterocycles. The van der Waals surface area contributed by atoms with Gasteiger partial charge in [-0.1, -0.05) is 12.1 Å². The molecule has 1 rings (SSSR count). The second-order valence-corrected chi connectivity index (χ2v) is 2.05. The molecule has 0 spiro atoms. The number of hydrogen-bond donors (Lipinski definition) is 1. The Morgan fingerprint density at radius 3 is 2.17 bits per heavy atom. The number of aromatic amines is 1. The van der Waals surface area contributed by atoms with Crippen LogP contribution < -0.4 is 62.5 Å². The maximum absolute atomic E-state index is 11.9. The third kappa shape index (κ3) is 3.44. The van der Waals surface area contributed by atoms with Crippen LogP contribution in [0, 0.1) is 0 Å². The number of aromatic nitrogens is 1. The standard InChI is InChI=1S/C5H4BF3NO.K/c7-6(8,9)4-2-1-3-5(11)10-4;/h1-3H,(H,10,11);/q-1;+1. The topological polar surface area (TPSA) is 32.9 Å². The SMILES string of the molecule is O=c1cccc([B-](F)(F)F)[nH]1.[K+]. The Morgan fingerprint density at radius 1 is 1.25 bits per heavy atom. The molecule has 0 atom stereocenters. The Balaban J connectivity index is 0.00000121. The van der Waals surface area contributed by atoms with Gasteiger partial charge in [0.15, 0.2) is 0 Å². The number of H-pyrrole nitrogens is 1. The minimum atomic E-state index is -5.08. The van der Waals surface area contributed by atoms with Crippen molar-refractivity contribution in [2.75, 3.05) is 0 Å². The van der Waals surface area contributed by atoms with Crippen LogP contribution in [0.5, 0.6) is 0 Å². The fourth-order valence-electron chi connectivity index (χ4n) is 0.656. The normalized spacial score (nSPS) is 10.6. The molecule has 0 aliphatic heterocycles. The zero-order valence-corrected chi connectivity index (χ0v) is 9.47. The van der Waals surface area contributed by atoms with Gasteiger partial charge in [0.1, 0.15) is 0 Å². The van der Waals surface area contributed by atoms with Crippen molar-refractivity contribution >= 4 is 12.6 Å². The minimum absolute atomic E-state index is 0. The Bertz CT molecular complexity index is 310. The Hall–Kier alpha value is 0.441. The zero-order valence-electron chi connectivity index (χ0n) is 6.35. The van der Waals surface area contributed by atoms with Gasteiger partial charge in [-0.2, -0.15) is 0 Å². The van der Waals surface area contributed by atoms with Gasteiger partial charge in [0.25, 0.3) is 0 Å². The van der Waals surface area contributed by atoms with Crippen molar-refractivity contribution in [1.29, 1.82) is 0 Å². The first-order valence-corrected chi connectivity index (χ1v) is 2.89. The van der Waals surface area contributed by atoms with Gasteiger partial charge in [-0.15, -0.1) is 0 Å². The number of pyridine rings is 1. The minimum Gasteiger partial charge on any atom is -0.444 e. The van der Waals surface area contributed by atoms with Gasteiger partial charge in [-0.3, -0.25) is 4.79 Å². The van der Waals surface area contributed by atoms with Gasteiger partial charge in [-0.05, 0) is 5.59 Å². The maximum Gasteiger partial charge on any atom is 1.00 e. The van der Waals surface area contributed by atoms with E-state index in [1.54, 1.807) is 4.98 Å². The van der Waals surface area contributed by atoms with Crippen molar-refractivity contribution in [3.8, 4) is 0 Å². The molecule has 60 valence electrons. The predicted octanol–water partition coefficient (Wildman–Crippen LogP) is -2.57. The second kappa shape index (κ2) is 4.61. The zero-order chi connectivity index (χ0) is 8.48. The van der Waals surface area contributed by atoms with Gasteiger partial charge in [0.05, 0.1) is 0 Å². The molecule has 7 heteroatoms. The summed E-state index contributed by atoms with van der Waals surface area (Å²) in [5, 5.41) is 0. The molecule has 12 heavy (non-hydrogen) atoms. The molecule has 2 nitrogen and oxygen atoms in total. The van der Waals surface area contributed by atoms with Gasteiger partial charge in [-0.25, -0.2) is 0 Å². The monoisotopic (exact) mass is 201 g/mol. The largest absolute Gasteiger partial charge is 1.00 e. The molecule has 0 unspecified atom stereocenters. The van der Waals surface area contributed by atoms with Crippen molar-refractivity contribution in [2.45, 2.75) is 0 Å². The van der Waals surface area contributed by atoms with Crippen LogP contribution in [0.2, 0.25) is 0 Å². The summed E-state index contributed by atoms with van der Waals surface area (Å²) in [5.74, 6) is 0. The first kappa shape index (κ1) is 12.4. The van der Waals surface area contributed by atoms with Crippen LogP contribution in [-0.4, -0.2) is 12.0 Å². The van der Waals surface area contributed by atoms with Crippen molar-refractivity contribution in [2.24, 2.45) is 0 Å². The summed E-state index contributed by atoms with van der Waals surface area (Å²) < 4.78 is 35.6. The molecule has 0 aliphatic rings. The van der Waals surface area contributed by atoms with E-state index in [0.717, 1.165) is 18.2 Å². The van der Waals surface area contributed by atoms with Crippen LogP contribution in [0.1, 0.15) is 0 Å². The summed E-state index contributed by atoms with van der Waals surface area (Å²) in [5.41, 5.74) is -1.70. The third-order valence-electron chi connectivity index (χ3n) is 1.14. The Kier molecular flexibility index (Phi) is 4.78. The second-order valence-electron chi connectivity index (χ2n) is 2.05. The van der Waals surface area contributed by atoms with Crippen LogP contribution in [0.4, 0.5) is 12.9 Å². The van der Waals surface area contributed by atoms with Gasteiger partial charge in [0, 0.05) is 6.07 Å². The first-order chi connectivity index (χ1) is 5.00. The summed E-state index contributed by atoms with van der Waals surface area (Å²) in [6.45, 7) is -5.08. The molecule has 1 aromatic rings. The fraction of sp³-hybridized carbons (Fsp3) is 0. The molecule has 0 fully saturated rings. The molecular weight excluding hydrogens is 197 g/mol. The molecule has 0 saturated heterocycles. The van der Waals surface area contributed by atoms with E-state index in [2.05, 4.69) is 0 Å². The number of nitrogens with one attached hydrogen (secondary N) is 1. The fourth-order valence-corrected chi connectivity index (χ4v) is 0.656. The number of halogens is 3. The summed E-state index contributed by atoms with van der Waals surface area (Å²) in [4.78, 5) is 12.1. The summed E-state index contributed by atoms with van der Waals surface area (Å²) in [6.07, 6.45) is 0. The van der Waals surface area contributed by atoms with Crippen molar-refractivity contribution in [1.82, 2.24) is 4.98 Å². The summed E-state index contributed by atoms with van der Waals surface area (Å²) >= 11 is 0. The predicted molar refractivity (Wildman–Crippen MR) is 35.8 cm³/mol. The van der Waals surface area contributed by atoms with E-state index < -0.39 is 18.1 Å². The Labute approximate surface area is 109 Å². The molecule has 0 bridgehead atoms. The van der Waals surface area contributed by atoms with E-state index in [0.29, 0.717) is 0 Å². The smallest absolute Gasteiger partial charge is 0.444 e. The van der Waals surface area contributed by atoms with Crippen LogP contribution in [0.15, 0.2) is 23.0 Å². The average molecular weight is 201 g/mol. The molecule has 0 amide bonds. The van der Waals surface area contributed by atoms with Crippen LogP contribution >= 0.6 is 0 Å². The first-order valence-electron chi connectivity index (χ1n) is 2.89. The molecule has 1 heterocycles. The van der Waals surface area contributed by atoms with Crippen molar-refractivity contribution < 1.29 is 64.3 Å². The van der Waals surface area contributed by atoms with E-state index in [1.165, 1.54) is 0 Å². The maximum atomic E-state index is 11.9. The molecule has 0 aromatic carbocycles. The van der Waals surface area contributed by atoms with Crippen molar-refractivity contribution in [3.05, 3.63) is 28.6 Å². The molecule has 1 N–H and O–H groups in total. The molecule has 0 aliphatic carbocycles. The van der Waals surface area contributed by atoms with E-state index in [1.807, 2.05) is 0 Å². The van der Waals surface area contributed by atoms with Crippen molar-refractivity contribution in [3.63, 3.8) is 0 Å². The van der Waals surface area contributed by atoms with E-state index in [-0.39, 0.29) is 51.4 Å². The number of rotatable bonds is 1. The molecular formula is C5H4BF3KNO. The van der Waals surface area contributed by atoms with E-state index in [4.69, 9.17) is 0 Å². The number of hydrogen-bond acceptors (Lipinski definition) is 1. The van der Waals surface area contributed by atoms with E-state index >= 15 is 0 Å². The average Bonchev–Trinajstić information content (AvgIpc) is 1.86. The molecule has 0 radical (unpaired) electrons. The van der Waals surface area contributed by atoms with Gasteiger partial charge in [0.2, 0.25) is 5.56 Å². The Morgan fingerprint density at radius 2 is 1.83 bits per heavy atom. The van der Waals surface area contributed by atoms with Crippen LogP contribution in [0.3, 0.4) is 0 Å². The molecule has 0 saturated carbocycles.